The summed E-state index contributed by atoms with van der Waals surface area (Å²) in [6.07, 6.45) is 5.76. The molecule has 2 saturated carbocycles. The third-order valence-corrected chi connectivity index (χ3v) is 4.63. The summed E-state index contributed by atoms with van der Waals surface area (Å²) in [5.41, 5.74) is 1.56. The van der Waals surface area contributed by atoms with E-state index in [2.05, 4.69) is 42.6 Å². The van der Waals surface area contributed by atoms with Crippen LogP contribution in [0.5, 0.6) is 0 Å². The van der Waals surface area contributed by atoms with Crippen LogP contribution in [0.3, 0.4) is 0 Å². The zero-order chi connectivity index (χ0) is 11.7. The molecule has 92 valence electrons. The SMILES string of the molecule is CCNC(C1CCC1)C1CC1c1ccccc1. The molecule has 1 N–H and O–H groups in total. The van der Waals surface area contributed by atoms with E-state index in [-0.39, 0.29) is 0 Å². The molecule has 0 heterocycles. The van der Waals surface area contributed by atoms with E-state index in [0.717, 1.165) is 30.3 Å². The first kappa shape index (κ1) is 11.3. The molecule has 0 spiro atoms. The largest absolute Gasteiger partial charge is 0.314 e. The predicted octanol–water partition coefficient (Wildman–Crippen LogP) is 3.57. The monoisotopic (exact) mass is 229 g/mol. The van der Waals surface area contributed by atoms with Crippen LogP contribution in [0.25, 0.3) is 0 Å². The van der Waals surface area contributed by atoms with Crippen molar-refractivity contribution in [2.75, 3.05) is 6.54 Å². The number of hydrogen-bond donors (Lipinski definition) is 1. The van der Waals surface area contributed by atoms with Crippen LogP contribution in [0.1, 0.15) is 44.1 Å². The van der Waals surface area contributed by atoms with Crippen LogP contribution in [0.2, 0.25) is 0 Å². The Morgan fingerprint density at radius 1 is 1.24 bits per heavy atom. The van der Waals surface area contributed by atoms with Crippen LogP contribution in [0, 0.1) is 11.8 Å². The predicted molar refractivity (Wildman–Crippen MR) is 72.1 cm³/mol. The molecule has 1 nitrogen and oxygen atoms in total. The van der Waals surface area contributed by atoms with Crippen molar-refractivity contribution in [1.82, 2.24) is 5.32 Å². The van der Waals surface area contributed by atoms with Crippen molar-refractivity contribution in [2.45, 2.75) is 44.6 Å². The smallest absolute Gasteiger partial charge is 0.0129 e. The van der Waals surface area contributed by atoms with Crippen molar-refractivity contribution in [3.05, 3.63) is 35.9 Å². The summed E-state index contributed by atoms with van der Waals surface area (Å²) >= 11 is 0. The number of hydrogen-bond acceptors (Lipinski definition) is 1. The molecule has 1 heteroatoms. The van der Waals surface area contributed by atoms with E-state index in [9.17, 15) is 0 Å². The van der Waals surface area contributed by atoms with Crippen molar-refractivity contribution >= 4 is 0 Å². The molecule has 3 atom stereocenters. The highest BCUT2D eigenvalue weighted by molar-refractivity contribution is 5.27. The zero-order valence-corrected chi connectivity index (χ0v) is 10.7. The number of nitrogens with one attached hydrogen (secondary N) is 1. The topological polar surface area (TPSA) is 12.0 Å². The average Bonchev–Trinajstić information content (AvgIpc) is 3.07. The van der Waals surface area contributed by atoms with Gasteiger partial charge in [-0.25, -0.2) is 0 Å². The van der Waals surface area contributed by atoms with E-state index < -0.39 is 0 Å². The first-order valence-electron chi connectivity index (χ1n) is 7.18. The third kappa shape index (κ3) is 2.26. The maximum atomic E-state index is 3.75. The van der Waals surface area contributed by atoms with Crippen LogP contribution >= 0.6 is 0 Å². The summed E-state index contributed by atoms with van der Waals surface area (Å²) in [5, 5.41) is 3.75. The molecule has 3 rings (SSSR count). The van der Waals surface area contributed by atoms with Crippen molar-refractivity contribution in [3.63, 3.8) is 0 Å². The number of rotatable bonds is 5. The fourth-order valence-corrected chi connectivity index (χ4v) is 3.40. The quantitative estimate of drug-likeness (QED) is 0.814. The van der Waals surface area contributed by atoms with Crippen LogP contribution < -0.4 is 5.32 Å². The minimum atomic E-state index is 0.791. The molecule has 0 bridgehead atoms. The Morgan fingerprint density at radius 2 is 2.00 bits per heavy atom. The minimum Gasteiger partial charge on any atom is -0.314 e. The highest BCUT2D eigenvalue weighted by atomic mass is 14.9. The second kappa shape index (κ2) is 4.81. The minimum absolute atomic E-state index is 0.791. The Kier molecular flexibility index (Phi) is 3.19. The first-order chi connectivity index (χ1) is 8.40. The lowest BCUT2D eigenvalue weighted by Crippen LogP contribution is -2.41. The molecule has 1 aromatic carbocycles. The van der Waals surface area contributed by atoms with Crippen molar-refractivity contribution in [1.29, 1.82) is 0 Å². The van der Waals surface area contributed by atoms with Crippen LogP contribution in [0.15, 0.2) is 30.3 Å². The van der Waals surface area contributed by atoms with Gasteiger partial charge in [-0.3, -0.25) is 0 Å². The second-order valence-electron chi connectivity index (χ2n) is 5.69. The molecule has 3 unspecified atom stereocenters. The number of benzene rings is 1. The molecular weight excluding hydrogens is 206 g/mol. The first-order valence-corrected chi connectivity index (χ1v) is 7.18. The van der Waals surface area contributed by atoms with E-state index in [1.807, 2.05) is 0 Å². The lowest BCUT2D eigenvalue weighted by Gasteiger charge is -2.35. The van der Waals surface area contributed by atoms with Gasteiger partial charge < -0.3 is 5.32 Å². The van der Waals surface area contributed by atoms with Gasteiger partial charge in [0.2, 0.25) is 0 Å². The fourth-order valence-electron chi connectivity index (χ4n) is 3.40. The summed E-state index contributed by atoms with van der Waals surface area (Å²) in [6, 6.07) is 11.9. The highest BCUT2D eigenvalue weighted by Crippen LogP contribution is 2.53. The Bertz CT molecular complexity index is 355. The van der Waals surface area contributed by atoms with Crippen molar-refractivity contribution in [3.8, 4) is 0 Å². The lowest BCUT2D eigenvalue weighted by atomic mass is 9.77. The molecule has 0 amide bonds. The molecule has 2 aliphatic carbocycles. The maximum Gasteiger partial charge on any atom is 0.0129 e. The van der Waals surface area contributed by atoms with Crippen LogP contribution in [-0.4, -0.2) is 12.6 Å². The molecule has 2 fully saturated rings. The molecule has 1 aromatic rings. The Labute approximate surface area is 105 Å². The van der Waals surface area contributed by atoms with Gasteiger partial charge in [0.15, 0.2) is 0 Å². The van der Waals surface area contributed by atoms with Gasteiger partial charge in [0.1, 0.15) is 0 Å². The van der Waals surface area contributed by atoms with Crippen molar-refractivity contribution in [2.24, 2.45) is 11.8 Å². The zero-order valence-electron chi connectivity index (χ0n) is 10.7. The second-order valence-corrected chi connectivity index (χ2v) is 5.69. The van der Waals surface area contributed by atoms with Gasteiger partial charge in [-0.2, -0.15) is 0 Å². The Balaban J connectivity index is 1.65. The summed E-state index contributed by atoms with van der Waals surface area (Å²) in [7, 11) is 0. The molecular formula is C16H23N. The van der Waals surface area contributed by atoms with Crippen LogP contribution in [-0.2, 0) is 0 Å². The van der Waals surface area contributed by atoms with Gasteiger partial charge in [-0.1, -0.05) is 43.7 Å². The van der Waals surface area contributed by atoms with Crippen molar-refractivity contribution < 1.29 is 0 Å². The van der Waals surface area contributed by atoms with Gasteiger partial charge in [0.05, 0.1) is 0 Å². The van der Waals surface area contributed by atoms with E-state index >= 15 is 0 Å². The van der Waals surface area contributed by atoms with Gasteiger partial charge >= 0.3 is 0 Å². The molecule has 0 saturated heterocycles. The standard InChI is InChI=1S/C16H23N/c1-2-17-16(13-9-6-10-13)15-11-14(15)12-7-4-3-5-8-12/h3-5,7-8,13-17H,2,6,9-11H2,1H3. The normalized spacial score (nSPS) is 29.7. The highest BCUT2D eigenvalue weighted by Gasteiger charge is 2.46. The van der Waals surface area contributed by atoms with E-state index in [1.54, 1.807) is 5.56 Å². The Morgan fingerprint density at radius 3 is 2.59 bits per heavy atom. The van der Waals surface area contributed by atoms with Crippen LogP contribution in [0.4, 0.5) is 0 Å². The molecule has 0 aromatic heterocycles. The lowest BCUT2D eigenvalue weighted by molar-refractivity contribution is 0.210. The van der Waals surface area contributed by atoms with Gasteiger partial charge in [0.25, 0.3) is 0 Å². The molecule has 0 aliphatic heterocycles. The summed E-state index contributed by atoms with van der Waals surface area (Å²) in [6.45, 7) is 3.37. The van der Waals surface area contributed by atoms with Gasteiger partial charge in [-0.05, 0) is 49.1 Å². The third-order valence-electron chi connectivity index (χ3n) is 4.63. The summed E-state index contributed by atoms with van der Waals surface area (Å²) in [4.78, 5) is 0. The van der Waals surface area contributed by atoms with Gasteiger partial charge in [0, 0.05) is 6.04 Å². The van der Waals surface area contributed by atoms with E-state index in [1.165, 1.54) is 25.7 Å². The maximum absolute atomic E-state index is 3.75. The Hall–Kier alpha value is -0.820. The average molecular weight is 229 g/mol. The summed E-state index contributed by atoms with van der Waals surface area (Å²) in [5.74, 6) is 2.71. The molecule has 0 radical (unpaired) electrons. The van der Waals surface area contributed by atoms with E-state index in [0.29, 0.717) is 0 Å². The fraction of sp³-hybridized carbons (Fsp3) is 0.625. The summed E-state index contributed by atoms with van der Waals surface area (Å²) < 4.78 is 0. The van der Waals surface area contributed by atoms with E-state index in [4.69, 9.17) is 0 Å². The molecule has 2 aliphatic rings. The van der Waals surface area contributed by atoms with Gasteiger partial charge in [-0.15, -0.1) is 0 Å². The molecule has 17 heavy (non-hydrogen) atoms.